The zero-order chi connectivity index (χ0) is 14.9. The van der Waals surface area contributed by atoms with Crippen LogP contribution in [0.15, 0.2) is 29.2 Å². The van der Waals surface area contributed by atoms with E-state index in [-0.39, 0.29) is 14.8 Å². The van der Waals surface area contributed by atoms with Crippen LogP contribution in [0.5, 0.6) is 0 Å². The number of thiocarbonyl (C=S) groups is 1. The van der Waals surface area contributed by atoms with Crippen molar-refractivity contribution in [3.63, 3.8) is 0 Å². The lowest BCUT2D eigenvalue weighted by Crippen LogP contribution is -2.48. The molecule has 0 bridgehead atoms. The van der Waals surface area contributed by atoms with Gasteiger partial charge in [-0.15, -0.1) is 0 Å². The van der Waals surface area contributed by atoms with Crippen molar-refractivity contribution in [2.45, 2.75) is 13.0 Å². The zero-order valence-electron chi connectivity index (χ0n) is 10.3. The summed E-state index contributed by atoms with van der Waals surface area (Å²) >= 11 is 5.92. The summed E-state index contributed by atoms with van der Waals surface area (Å²) in [4.78, 5) is 24.1. The zero-order valence-corrected chi connectivity index (χ0v) is 12.0. The van der Waals surface area contributed by atoms with Crippen molar-refractivity contribution in [3.05, 3.63) is 40.6 Å². The lowest BCUT2D eigenvalue weighted by molar-refractivity contribution is -0.309. The number of carbonyl (C=O) groups excluding carboxylic acids is 2. The Morgan fingerprint density at radius 3 is 2.75 bits per heavy atom. The van der Waals surface area contributed by atoms with Crippen LogP contribution in [0.25, 0.3) is 6.08 Å². The summed E-state index contributed by atoms with van der Waals surface area (Å²) in [5.41, 5.74) is 0.245. The van der Waals surface area contributed by atoms with Crippen molar-refractivity contribution in [1.82, 2.24) is 4.90 Å². The number of carbonyl (C=O) groups is 2. The fourth-order valence-electron chi connectivity index (χ4n) is 1.65. The maximum Gasteiger partial charge on any atom is 0.266 e. The number of benzene rings is 1. The topological polar surface area (TPSA) is 60.4 Å². The first-order valence-corrected chi connectivity index (χ1v) is 6.86. The molecular weight excluding hydrogens is 301 g/mol. The van der Waals surface area contributed by atoms with Crippen LogP contribution in [-0.4, -0.2) is 27.1 Å². The molecule has 7 heteroatoms. The van der Waals surface area contributed by atoms with Gasteiger partial charge in [-0.1, -0.05) is 42.2 Å². The summed E-state index contributed by atoms with van der Waals surface area (Å²) in [5, 5.41) is 10.8. The van der Waals surface area contributed by atoms with Crippen molar-refractivity contribution in [3.8, 4) is 0 Å². The maximum absolute atomic E-state index is 13.5. The van der Waals surface area contributed by atoms with Gasteiger partial charge in [0.2, 0.25) is 0 Å². The first kappa shape index (κ1) is 14.7. The molecule has 0 radical (unpaired) electrons. The number of carboxylic acid groups (broad SMARTS) is 1. The van der Waals surface area contributed by atoms with Gasteiger partial charge in [0.05, 0.1) is 16.9 Å². The van der Waals surface area contributed by atoms with Crippen LogP contribution < -0.4 is 5.11 Å². The molecule has 1 aromatic rings. The summed E-state index contributed by atoms with van der Waals surface area (Å²) in [6, 6.07) is 4.81. The smallest absolute Gasteiger partial charge is 0.266 e. The van der Waals surface area contributed by atoms with Gasteiger partial charge in [-0.3, -0.25) is 9.69 Å². The predicted molar refractivity (Wildman–Crippen MR) is 75.9 cm³/mol. The highest BCUT2D eigenvalue weighted by molar-refractivity contribution is 8.26. The van der Waals surface area contributed by atoms with Gasteiger partial charge in [0.25, 0.3) is 5.91 Å². The lowest BCUT2D eigenvalue weighted by Gasteiger charge is -2.23. The second-order valence-corrected chi connectivity index (χ2v) is 5.74. The summed E-state index contributed by atoms with van der Waals surface area (Å²) in [6.45, 7) is 1.31. The molecule has 2 rings (SSSR count). The summed E-state index contributed by atoms with van der Waals surface area (Å²) in [6.07, 6.45) is 1.36. The van der Waals surface area contributed by atoms with Crippen LogP contribution in [-0.2, 0) is 9.59 Å². The Hall–Kier alpha value is -1.73. The second kappa shape index (κ2) is 5.72. The number of aliphatic carboxylic acids is 1. The normalized spacial score (nSPS) is 18.7. The Morgan fingerprint density at radius 1 is 1.50 bits per heavy atom. The van der Waals surface area contributed by atoms with E-state index < -0.39 is 23.7 Å². The van der Waals surface area contributed by atoms with E-state index in [2.05, 4.69) is 0 Å². The Balaban J connectivity index is 2.33. The Kier molecular flexibility index (Phi) is 4.20. The van der Waals surface area contributed by atoms with Gasteiger partial charge >= 0.3 is 0 Å². The average Bonchev–Trinajstić information content (AvgIpc) is 2.66. The highest BCUT2D eigenvalue weighted by atomic mass is 32.2. The number of nitrogens with zero attached hydrogens (tertiary/aromatic N) is 1. The fraction of sp³-hybridized carbons (Fsp3) is 0.154. The number of amides is 1. The largest absolute Gasteiger partial charge is 0.548 e. The number of hydrogen-bond donors (Lipinski definition) is 0. The molecule has 0 unspecified atom stereocenters. The van der Waals surface area contributed by atoms with Crippen molar-refractivity contribution >= 4 is 46.3 Å². The fourth-order valence-corrected chi connectivity index (χ4v) is 3.06. The molecule has 1 saturated heterocycles. The minimum Gasteiger partial charge on any atom is -0.548 e. The molecule has 0 spiro atoms. The monoisotopic (exact) mass is 310 g/mol. The molecular formula is C13H9FNO3S2-. The van der Waals surface area contributed by atoms with Crippen LogP contribution in [0, 0.1) is 5.82 Å². The quantitative estimate of drug-likeness (QED) is 0.619. The van der Waals surface area contributed by atoms with E-state index in [1.54, 1.807) is 6.07 Å². The Bertz CT molecular complexity index is 630. The maximum atomic E-state index is 13.5. The Labute approximate surface area is 124 Å². The molecule has 1 amide bonds. The number of hydrogen-bond acceptors (Lipinski definition) is 5. The summed E-state index contributed by atoms with van der Waals surface area (Å²) in [7, 11) is 0. The number of carboxylic acids is 1. The van der Waals surface area contributed by atoms with Crippen molar-refractivity contribution < 1.29 is 19.1 Å². The van der Waals surface area contributed by atoms with Crippen molar-refractivity contribution in [2.75, 3.05) is 0 Å². The molecule has 104 valence electrons. The minimum atomic E-state index is -1.39. The molecule has 0 aliphatic carbocycles. The van der Waals surface area contributed by atoms with Gasteiger partial charge in [0.1, 0.15) is 10.1 Å². The third-order valence-electron chi connectivity index (χ3n) is 2.74. The van der Waals surface area contributed by atoms with Gasteiger partial charge in [0.15, 0.2) is 0 Å². The number of halogens is 1. The molecule has 1 atom stereocenters. The van der Waals surface area contributed by atoms with E-state index in [1.165, 1.54) is 31.2 Å². The lowest BCUT2D eigenvalue weighted by atomic mass is 10.2. The summed E-state index contributed by atoms with van der Waals surface area (Å²) < 4.78 is 13.7. The highest BCUT2D eigenvalue weighted by Crippen LogP contribution is 2.34. The first-order chi connectivity index (χ1) is 9.41. The van der Waals surface area contributed by atoms with Crippen LogP contribution in [0.3, 0.4) is 0 Å². The van der Waals surface area contributed by atoms with Crippen molar-refractivity contribution in [2.24, 2.45) is 0 Å². The van der Waals surface area contributed by atoms with E-state index in [1.807, 2.05) is 0 Å². The molecule has 0 saturated carbocycles. The molecule has 0 aromatic heterocycles. The van der Waals surface area contributed by atoms with E-state index in [0.717, 1.165) is 16.7 Å². The molecule has 1 fully saturated rings. The van der Waals surface area contributed by atoms with Crippen LogP contribution in [0.4, 0.5) is 4.39 Å². The van der Waals surface area contributed by atoms with Gasteiger partial charge in [-0.05, 0) is 19.1 Å². The van der Waals surface area contributed by atoms with Crippen LogP contribution in [0.1, 0.15) is 12.5 Å². The molecule has 1 aliphatic heterocycles. The number of rotatable bonds is 3. The van der Waals surface area contributed by atoms with E-state index >= 15 is 0 Å². The predicted octanol–water partition coefficient (Wildman–Crippen LogP) is 1.17. The van der Waals surface area contributed by atoms with Gasteiger partial charge < -0.3 is 9.90 Å². The van der Waals surface area contributed by atoms with Crippen LogP contribution in [0.2, 0.25) is 0 Å². The standard InChI is InChI=1S/C13H10FNO3S2/c1-7(12(17)18)15-11(16)10(20-13(15)19)6-8-4-2-3-5-9(8)14/h2-7H,1H3,(H,17,18)/p-1/t7-/m1/s1. The molecule has 1 heterocycles. The van der Waals surface area contributed by atoms with E-state index in [0.29, 0.717) is 0 Å². The first-order valence-electron chi connectivity index (χ1n) is 5.64. The van der Waals surface area contributed by atoms with E-state index in [9.17, 15) is 19.1 Å². The van der Waals surface area contributed by atoms with Crippen LogP contribution >= 0.6 is 24.0 Å². The second-order valence-electron chi connectivity index (χ2n) is 4.07. The molecule has 20 heavy (non-hydrogen) atoms. The van der Waals surface area contributed by atoms with Gasteiger partial charge in [-0.25, -0.2) is 4.39 Å². The Morgan fingerprint density at radius 2 is 2.15 bits per heavy atom. The highest BCUT2D eigenvalue weighted by Gasteiger charge is 2.35. The summed E-state index contributed by atoms with van der Waals surface area (Å²) in [5.74, 6) is -2.42. The number of thioether (sulfide) groups is 1. The molecule has 1 aliphatic rings. The molecule has 1 aromatic carbocycles. The SMILES string of the molecule is C[C@H](C(=O)[O-])N1C(=O)C(=Cc2ccccc2F)SC1=S. The third kappa shape index (κ3) is 2.73. The van der Waals surface area contributed by atoms with Crippen molar-refractivity contribution in [1.29, 1.82) is 0 Å². The van der Waals surface area contributed by atoms with Gasteiger partial charge in [0, 0.05) is 5.56 Å². The molecule has 0 N–H and O–H groups in total. The third-order valence-corrected chi connectivity index (χ3v) is 4.07. The average molecular weight is 310 g/mol. The van der Waals surface area contributed by atoms with Gasteiger partial charge in [-0.2, -0.15) is 0 Å². The minimum absolute atomic E-state index is 0.120. The van der Waals surface area contributed by atoms with E-state index in [4.69, 9.17) is 12.2 Å². The molecule has 4 nitrogen and oxygen atoms in total.